The van der Waals surface area contributed by atoms with Crippen LogP contribution in [0.2, 0.25) is 0 Å². The van der Waals surface area contributed by atoms with Gasteiger partial charge in [0.05, 0.1) is 12.5 Å². The van der Waals surface area contributed by atoms with Crippen LogP contribution in [0.25, 0.3) is 0 Å². The third-order valence-corrected chi connectivity index (χ3v) is 4.41. The Balaban J connectivity index is 1.75. The molecule has 0 aliphatic heterocycles. The van der Waals surface area contributed by atoms with E-state index in [1.165, 1.54) is 11.5 Å². The number of methoxy groups -OCH3 is 1. The molecule has 1 aromatic heterocycles. The van der Waals surface area contributed by atoms with Gasteiger partial charge in [0, 0.05) is 5.38 Å². The van der Waals surface area contributed by atoms with Crippen LogP contribution in [0.3, 0.4) is 0 Å². The van der Waals surface area contributed by atoms with E-state index >= 15 is 0 Å². The summed E-state index contributed by atoms with van der Waals surface area (Å²) in [5.41, 5.74) is 2.20. The fraction of sp³-hybridized carbons (Fsp3) is 0.400. The van der Waals surface area contributed by atoms with Gasteiger partial charge in [-0.2, -0.15) is 0 Å². The third kappa shape index (κ3) is 2.63. The molecule has 1 aliphatic rings. The van der Waals surface area contributed by atoms with Crippen molar-refractivity contribution in [1.29, 1.82) is 0 Å². The summed E-state index contributed by atoms with van der Waals surface area (Å²) in [6, 6.07) is 5.90. The van der Waals surface area contributed by atoms with Crippen molar-refractivity contribution in [2.45, 2.75) is 31.8 Å². The highest BCUT2D eigenvalue weighted by Crippen LogP contribution is 2.50. The molecule has 5 nitrogen and oxygen atoms in total. The van der Waals surface area contributed by atoms with Crippen molar-refractivity contribution in [2.75, 3.05) is 7.11 Å². The van der Waals surface area contributed by atoms with Crippen molar-refractivity contribution in [3.63, 3.8) is 0 Å². The molecular formula is C15H16N2O3S. The van der Waals surface area contributed by atoms with E-state index in [0.29, 0.717) is 5.69 Å². The fourth-order valence-electron chi connectivity index (χ4n) is 2.38. The number of nitrogens with zero attached hydrogens (tertiary/aromatic N) is 2. The highest BCUT2D eigenvalue weighted by Gasteiger charge is 2.53. The lowest BCUT2D eigenvalue weighted by Gasteiger charge is -2.16. The Morgan fingerprint density at radius 2 is 2.24 bits per heavy atom. The predicted molar refractivity (Wildman–Crippen MR) is 78.3 cm³/mol. The Morgan fingerprint density at radius 3 is 2.86 bits per heavy atom. The minimum atomic E-state index is -0.509. The van der Waals surface area contributed by atoms with Crippen molar-refractivity contribution < 1.29 is 14.3 Å². The van der Waals surface area contributed by atoms with Crippen LogP contribution in [0.15, 0.2) is 23.6 Å². The first-order valence-electron chi connectivity index (χ1n) is 6.74. The van der Waals surface area contributed by atoms with E-state index in [1.807, 2.05) is 25.1 Å². The molecule has 1 aliphatic carbocycles. The predicted octanol–water partition coefficient (Wildman–Crippen LogP) is 2.63. The van der Waals surface area contributed by atoms with Gasteiger partial charge in [-0.25, -0.2) is 0 Å². The molecule has 3 rings (SSSR count). The Labute approximate surface area is 127 Å². The van der Waals surface area contributed by atoms with E-state index in [1.54, 1.807) is 12.5 Å². The van der Waals surface area contributed by atoms with Gasteiger partial charge < -0.3 is 9.47 Å². The molecule has 0 unspecified atom stereocenters. The molecule has 1 heterocycles. The Bertz CT molecular complexity index is 651. The molecule has 110 valence electrons. The van der Waals surface area contributed by atoms with Crippen LogP contribution in [0, 0.1) is 6.92 Å². The van der Waals surface area contributed by atoms with Crippen LogP contribution in [0.1, 0.15) is 29.7 Å². The fourth-order valence-corrected chi connectivity index (χ4v) is 2.81. The van der Waals surface area contributed by atoms with Gasteiger partial charge in [-0.15, -0.1) is 5.10 Å². The zero-order chi connectivity index (χ0) is 14.9. The summed E-state index contributed by atoms with van der Waals surface area (Å²) in [4.78, 5) is 12.4. The van der Waals surface area contributed by atoms with E-state index in [-0.39, 0.29) is 12.6 Å². The number of esters is 1. The largest absolute Gasteiger partial charge is 0.496 e. The monoisotopic (exact) mass is 304 g/mol. The molecular weight excluding hydrogens is 288 g/mol. The topological polar surface area (TPSA) is 61.3 Å². The molecule has 21 heavy (non-hydrogen) atoms. The molecule has 0 atom stereocenters. The molecule has 2 aromatic rings. The van der Waals surface area contributed by atoms with Crippen molar-refractivity contribution in [2.24, 2.45) is 0 Å². The average molecular weight is 304 g/mol. The SMILES string of the molecule is COc1cc(C2(C(=O)OCc3csnn3)CC2)ccc1C. The molecule has 1 saturated carbocycles. The molecule has 0 amide bonds. The van der Waals surface area contributed by atoms with Gasteiger partial charge in [0.2, 0.25) is 0 Å². The maximum Gasteiger partial charge on any atom is 0.316 e. The summed E-state index contributed by atoms with van der Waals surface area (Å²) in [7, 11) is 1.64. The Hall–Kier alpha value is -1.95. The smallest absolute Gasteiger partial charge is 0.316 e. The second-order valence-corrected chi connectivity index (χ2v) is 5.85. The molecule has 0 radical (unpaired) electrons. The first-order chi connectivity index (χ1) is 10.2. The Kier molecular flexibility index (Phi) is 3.63. The summed E-state index contributed by atoms with van der Waals surface area (Å²) < 4.78 is 14.5. The van der Waals surface area contributed by atoms with Gasteiger partial charge in [0.15, 0.2) is 0 Å². The molecule has 0 bridgehead atoms. The minimum absolute atomic E-state index is 0.181. The van der Waals surface area contributed by atoms with E-state index in [0.717, 1.165) is 29.7 Å². The third-order valence-electron chi connectivity index (χ3n) is 3.86. The second-order valence-electron chi connectivity index (χ2n) is 5.24. The number of aromatic nitrogens is 2. The first-order valence-corrected chi connectivity index (χ1v) is 7.58. The van der Waals surface area contributed by atoms with Crippen molar-refractivity contribution in [3.05, 3.63) is 40.4 Å². The van der Waals surface area contributed by atoms with Crippen molar-refractivity contribution in [1.82, 2.24) is 9.59 Å². The van der Waals surface area contributed by atoms with Crippen LogP contribution >= 0.6 is 11.5 Å². The highest BCUT2D eigenvalue weighted by atomic mass is 32.1. The lowest BCUT2D eigenvalue weighted by atomic mass is 9.95. The molecule has 6 heteroatoms. The normalized spacial score (nSPS) is 15.5. The average Bonchev–Trinajstić information content (AvgIpc) is 3.14. The number of carbonyl (C=O) groups excluding carboxylic acids is 1. The van der Waals surface area contributed by atoms with Gasteiger partial charge in [0.1, 0.15) is 18.1 Å². The highest BCUT2D eigenvalue weighted by molar-refractivity contribution is 7.03. The summed E-state index contributed by atoms with van der Waals surface area (Å²) in [6.07, 6.45) is 1.63. The van der Waals surface area contributed by atoms with E-state index in [2.05, 4.69) is 9.59 Å². The van der Waals surface area contributed by atoms with Crippen LogP contribution in [-0.2, 0) is 21.6 Å². The number of rotatable bonds is 5. The summed E-state index contributed by atoms with van der Waals surface area (Å²) in [6.45, 7) is 2.16. The number of aryl methyl sites for hydroxylation is 1. The summed E-state index contributed by atoms with van der Waals surface area (Å²) in [5.74, 6) is 0.608. The summed E-state index contributed by atoms with van der Waals surface area (Å²) >= 11 is 1.25. The minimum Gasteiger partial charge on any atom is -0.496 e. The Morgan fingerprint density at radius 1 is 1.43 bits per heavy atom. The van der Waals surface area contributed by atoms with Gasteiger partial charge in [0.25, 0.3) is 0 Å². The van der Waals surface area contributed by atoms with E-state index in [9.17, 15) is 4.79 Å². The summed E-state index contributed by atoms with van der Waals surface area (Å²) in [5, 5.41) is 5.65. The zero-order valence-electron chi connectivity index (χ0n) is 12.0. The van der Waals surface area contributed by atoms with Crippen LogP contribution in [0.4, 0.5) is 0 Å². The maximum absolute atomic E-state index is 12.4. The van der Waals surface area contributed by atoms with Crippen LogP contribution < -0.4 is 4.74 Å². The number of benzene rings is 1. The molecule has 0 spiro atoms. The van der Waals surface area contributed by atoms with Crippen molar-refractivity contribution in [3.8, 4) is 5.75 Å². The standard InChI is InChI=1S/C15H16N2O3S/c1-10-3-4-11(7-13(10)19-2)15(5-6-15)14(18)20-8-12-9-21-17-16-12/h3-4,7,9H,5-6,8H2,1-2H3. The van der Waals surface area contributed by atoms with E-state index < -0.39 is 5.41 Å². The maximum atomic E-state index is 12.4. The molecule has 0 N–H and O–H groups in total. The van der Waals surface area contributed by atoms with Gasteiger partial charge >= 0.3 is 5.97 Å². The van der Waals surface area contributed by atoms with Crippen molar-refractivity contribution >= 4 is 17.5 Å². The van der Waals surface area contributed by atoms with Gasteiger partial charge in [-0.1, -0.05) is 16.6 Å². The molecule has 0 saturated heterocycles. The van der Waals surface area contributed by atoms with Gasteiger partial charge in [-0.05, 0) is 48.5 Å². The van der Waals surface area contributed by atoms with E-state index in [4.69, 9.17) is 9.47 Å². The lowest BCUT2D eigenvalue weighted by Crippen LogP contribution is -2.23. The zero-order valence-corrected chi connectivity index (χ0v) is 12.8. The first kappa shape index (κ1) is 14.0. The number of hydrogen-bond donors (Lipinski definition) is 0. The van der Waals surface area contributed by atoms with Gasteiger partial charge in [-0.3, -0.25) is 4.79 Å². The number of ether oxygens (including phenoxy) is 2. The number of hydrogen-bond acceptors (Lipinski definition) is 6. The lowest BCUT2D eigenvalue weighted by molar-refractivity contribution is -0.148. The second kappa shape index (κ2) is 5.44. The molecule has 1 aromatic carbocycles. The number of carbonyl (C=O) groups is 1. The van der Waals surface area contributed by atoms with Crippen LogP contribution in [-0.4, -0.2) is 22.7 Å². The van der Waals surface area contributed by atoms with Crippen LogP contribution in [0.5, 0.6) is 5.75 Å². The molecule has 1 fully saturated rings. The quantitative estimate of drug-likeness (QED) is 0.795.